The highest BCUT2D eigenvalue weighted by atomic mass is 19.4. The molecule has 1 unspecified atom stereocenters. The fraction of sp³-hybridized carbons (Fsp3) is 0.591. The van der Waals surface area contributed by atoms with Gasteiger partial charge in [0, 0.05) is 71.7 Å². The molecule has 2 aliphatic heterocycles. The van der Waals surface area contributed by atoms with Crippen molar-refractivity contribution in [2.24, 2.45) is 5.41 Å². The largest absolute Gasteiger partial charge is 0.490 e. The predicted octanol–water partition coefficient (Wildman–Crippen LogP) is 2.50. The van der Waals surface area contributed by atoms with Crippen molar-refractivity contribution in [1.82, 2.24) is 19.6 Å². The van der Waals surface area contributed by atoms with Crippen molar-refractivity contribution in [3.8, 4) is 0 Å². The number of halogens is 4. The van der Waals surface area contributed by atoms with Gasteiger partial charge in [0.2, 0.25) is 5.91 Å². The van der Waals surface area contributed by atoms with Gasteiger partial charge in [-0.05, 0) is 24.6 Å². The zero-order chi connectivity index (χ0) is 25.7. The van der Waals surface area contributed by atoms with Crippen LogP contribution in [0.2, 0.25) is 0 Å². The Balaban J connectivity index is 0.000000509. The number of alkyl halides is 3. The Morgan fingerprint density at radius 3 is 2.15 bits per heavy atom. The average Bonchev–Trinajstić information content (AvgIpc) is 2.95. The predicted molar refractivity (Wildman–Crippen MR) is 115 cm³/mol. The van der Waals surface area contributed by atoms with E-state index in [4.69, 9.17) is 9.90 Å². The molecular formula is C22H30F4N4O4. The van der Waals surface area contributed by atoms with Crippen LogP contribution in [-0.4, -0.2) is 102 Å². The van der Waals surface area contributed by atoms with Crippen LogP contribution in [0.1, 0.15) is 18.9 Å². The van der Waals surface area contributed by atoms with Crippen LogP contribution in [0.3, 0.4) is 0 Å². The highest BCUT2D eigenvalue weighted by molar-refractivity contribution is 5.80. The molecule has 12 heteroatoms. The van der Waals surface area contributed by atoms with E-state index in [0.29, 0.717) is 39.1 Å². The molecule has 0 radical (unpaired) electrons. The summed E-state index contributed by atoms with van der Waals surface area (Å²) in [6, 6.07) is 6.54. The van der Waals surface area contributed by atoms with Crippen LogP contribution < -0.4 is 0 Å². The van der Waals surface area contributed by atoms with Crippen LogP contribution in [0, 0.1) is 11.2 Å². The van der Waals surface area contributed by atoms with Gasteiger partial charge in [-0.1, -0.05) is 12.1 Å². The number of hydrogen-bond acceptors (Lipinski definition) is 4. The van der Waals surface area contributed by atoms with Crippen molar-refractivity contribution in [3.05, 3.63) is 35.6 Å². The Labute approximate surface area is 195 Å². The summed E-state index contributed by atoms with van der Waals surface area (Å²) < 4.78 is 44.9. The smallest absolute Gasteiger partial charge is 0.475 e. The monoisotopic (exact) mass is 490 g/mol. The number of likely N-dealkylation sites (tertiary alicyclic amines) is 1. The van der Waals surface area contributed by atoms with Gasteiger partial charge in [0.25, 0.3) is 0 Å². The number of aliphatic carboxylic acids is 1. The topological polar surface area (TPSA) is 84.4 Å². The molecular weight excluding hydrogens is 460 g/mol. The van der Waals surface area contributed by atoms with E-state index >= 15 is 0 Å². The molecule has 2 saturated heterocycles. The van der Waals surface area contributed by atoms with Gasteiger partial charge in [0.15, 0.2) is 0 Å². The maximum absolute atomic E-state index is 13.2. The lowest BCUT2D eigenvalue weighted by atomic mass is 9.86. The summed E-state index contributed by atoms with van der Waals surface area (Å²) in [4.78, 5) is 41.6. The molecule has 0 aliphatic carbocycles. The third-order valence-electron chi connectivity index (χ3n) is 5.77. The summed E-state index contributed by atoms with van der Waals surface area (Å²) in [5.41, 5.74) is 0.783. The van der Waals surface area contributed by atoms with Gasteiger partial charge in [0.1, 0.15) is 5.82 Å². The fourth-order valence-electron chi connectivity index (χ4n) is 4.26. The third-order valence-corrected chi connectivity index (χ3v) is 5.77. The zero-order valence-corrected chi connectivity index (χ0v) is 19.4. The van der Waals surface area contributed by atoms with Gasteiger partial charge in [-0.2, -0.15) is 13.2 Å². The van der Waals surface area contributed by atoms with Gasteiger partial charge in [-0.15, -0.1) is 0 Å². The van der Waals surface area contributed by atoms with E-state index in [9.17, 15) is 27.2 Å². The molecule has 1 atom stereocenters. The number of carbonyl (C=O) groups excluding carboxylic acids is 2. The van der Waals surface area contributed by atoms with E-state index in [1.54, 1.807) is 31.1 Å². The highest BCUT2D eigenvalue weighted by Crippen LogP contribution is 2.35. The molecule has 8 nitrogen and oxygen atoms in total. The van der Waals surface area contributed by atoms with E-state index in [1.807, 2.05) is 16.7 Å². The van der Waals surface area contributed by atoms with Crippen LogP contribution in [0.25, 0.3) is 0 Å². The second-order valence-corrected chi connectivity index (χ2v) is 8.82. The molecule has 3 amide bonds. The van der Waals surface area contributed by atoms with E-state index < -0.39 is 12.1 Å². The molecule has 2 heterocycles. The minimum absolute atomic E-state index is 0.0135. The second-order valence-electron chi connectivity index (χ2n) is 8.82. The Kier molecular flexibility index (Phi) is 8.87. The summed E-state index contributed by atoms with van der Waals surface area (Å²) >= 11 is 0. The maximum Gasteiger partial charge on any atom is 0.490 e. The minimum Gasteiger partial charge on any atom is -0.475 e. The lowest BCUT2D eigenvalue weighted by Gasteiger charge is -2.34. The van der Waals surface area contributed by atoms with E-state index in [1.165, 1.54) is 12.1 Å². The Hall–Kier alpha value is -2.89. The van der Waals surface area contributed by atoms with E-state index in [-0.39, 0.29) is 23.2 Å². The number of benzene rings is 1. The molecule has 2 aliphatic rings. The molecule has 1 N–H and O–H groups in total. The van der Waals surface area contributed by atoms with E-state index in [2.05, 4.69) is 4.90 Å². The first kappa shape index (κ1) is 27.4. The van der Waals surface area contributed by atoms with Crippen molar-refractivity contribution in [2.45, 2.75) is 26.1 Å². The Morgan fingerprint density at radius 2 is 1.68 bits per heavy atom. The molecule has 190 valence electrons. The summed E-state index contributed by atoms with van der Waals surface area (Å²) in [7, 11) is 3.52. The van der Waals surface area contributed by atoms with Crippen LogP contribution in [0.4, 0.5) is 22.4 Å². The van der Waals surface area contributed by atoms with E-state index in [0.717, 1.165) is 18.7 Å². The molecule has 1 aromatic rings. The number of urea groups is 1. The number of carboxylic acids is 1. The lowest BCUT2D eigenvalue weighted by molar-refractivity contribution is -0.192. The SMILES string of the molecule is CCN1CC2(CC1=O)CN(Cc1ccc(F)cc1)CCN(C(=O)N(C)C)C2.O=C(O)C(F)(F)F. The first-order valence-electron chi connectivity index (χ1n) is 10.8. The number of carbonyl (C=O) groups is 3. The number of amides is 3. The van der Waals surface area contributed by atoms with Crippen LogP contribution in [0.5, 0.6) is 0 Å². The van der Waals surface area contributed by atoms with Gasteiger partial charge in [-0.3, -0.25) is 9.69 Å². The van der Waals surface area contributed by atoms with Gasteiger partial charge in [-0.25, -0.2) is 14.0 Å². The molecule has 2 fully saturated rings. The number of nitrogens with zero attached hydrogens (tertiary/aromatic N) is 4. The standard InChI is InChI=1S/C20H29FN4O2.C2HF3O2/c1-4-24-14-20(11-18(24)26)13-23(12-16-5-7-17(21)8-6-16)9-10-25(15-20)19(27)22(2)3;3-2(4,5)1(6)7/h5-8H,4,9-15H2,1-3H3;(H,6,7). The second kappa shape index (κ2) is 11.0. The maximum atomic E-state index is 13.2. The van der Waals surface area contributed by atoms with Crippen LogP contribution >= 0.6 is 0 Å². The lowest BCUT2D eigenvalue weighted by Crippen LogP contribution is -2.47. The number of hydrogen-bond donors (Lipinski definition) is 1. The van der Waals surface area contributed by atoms with Crippen molar-refractivity contribution >= 4 is 17.9 Å². The Bertz CT molecular complexity index is 879. The van der Waals surface area contributed by atoms with Gasteiger partial charge in [0.05, 0.1) is 0 Å². The summed E-state index contributed by atoms with van der Waals surface area (Å²) in [6.07, 6.45) is -4.61. The van der Waals surface area contributed by atoms with Gasteiger partial charge >= 0.3 is 18.2 Å². The van der Waals surface area contributed by atoms with Crippen molar-refractivity contribution in [1.29, 1.82) is 0 Å². The molecule has 3 rings (SSSR count). The molecule has 1 spiro atoms. The number of carboxylic acid groups (broad SMARTS) is 1. The first-order chi connectivity index (χ1) is 15.8. The van der Waals surface area contributed by atoms with Crippen molar-refractivity contribution in [3.63, 3.8) is 0 Å². The quantitative estimate of drug-likeness (QED) is 0.659. The van der Waals surface area contributed by atoms with Crippen molar-refractivity contribution < 1.29 is 37.1 Å². The average molecular weight is 490 g/mol. The molecule has 0 saturated carbocycles. The summed E-state index contributed by atoms with van der Waals surface area (Å²) in [5.74, 6) is -2.83. The summed E-state index contributed by atoms with van der Waals surface area (Å²) in [5, 5.41) is 7.12. The fourth-order valence-corrected chi connectivity index (χ4v) is 4.26. The normalized spacial score (nSPS) is 21.2. The third kappa shape index (κ3) is 7.31. The molecule has 0 aromatic heterocycles. The van der Waals surface area contributed by atoms with Crippen molar-refractivity contribution in [2.75, 3.05) is 53.4 Å². The number of rotatable bonds is 3. The van der Waals surface area contributed by atoms with Crippen LogP contribution in [0.15, 0.2) is 24.3 Å². The first-order valence-corrected chi connectivity index (χ1v) is 10.8. The minimum atomic E-state index is -5.08. The Morgan fingerprint density at radius 1 is 1.09 bits per heavy atom. The molecule has 34 heavy (non-hydrogen) atoms. The highest BCUT2D eigenvalue weighted by Gasteiger charge is 2.47. The van der Waals surface area contributed by atoms with Gasteiger partial charge < -0.3 is 19.8 Å². The zero-order valence-electron chi connectivity index (χ0n) is 19.4. The summed E-state index contributed by atoms with van der Waals surface area (Å²) in [6.45, 7) is 6.76. The molecule has 1 aromatic carbocycles. The van der Waals surface area contributed by atoms with Crippen LogP contribution in [-0.2, 0) is 16.1 Å². The molecule has 0 bridgehead atoms.